The number of nitrogens with one attached hydrogen (secondary N) is 1. The van der Waals surface area contributed by atoms with Gasteiger partial charge >= 0.3 is 0 Å². The molecule has 1 aliphatic rings. The Hall–Kier alpha value is -0.710. The smallest absolute Gasteiger partial charge is 0.246 e. The minimum atomic E-state index is -0.737. The first-order valence-electron chi connectivity index (χ1n) is 6.97. The molecular weight excluding hydrogens is 260 g/mol. The highest BCUT2D eigenvalue weighted by Gasteiger charge is 2.46. The van der Waals surface area contributed by atoms with E-state index in [1.165, 1.54) is 0 Å². The van der Waals surface area contributed by atoms with Crippen LogP contribution in [-0.4, -0.2) is 46.8 Å². The summed E-state index contributed by atoms with van der Waals surface area (Å²) in [4.78, 5) is 26.6. The molecule has 4 nitrogen and oxygen atoms in total. The summed E-state index contributed by atoms with van der Waals surface area (Å²) in [6, 6.07) is -0.361. The van der Waals surface area contributed by atoms with Crippen LogP contribution >= 0.6 is 11.8 Å². The van der Waals surface area contributed by atoms with Gasteiger partial charge in [-0.25, -0.2) is 0 Å². The third-order valence-corrected chi connectivity index (χ3v) is 4.69. The van der Waals surface area contributed by atoms with E-state index in [9.17, 15) is 9.59 Å². The largest absolute Gasteiger partial charge is 0.342 e. The van der Waals surface area contributed by atoms with Crippen LogP contribution in [0.15, 0.2) is 0 Å². The van der Waals surface area contributed by atoms with Crippen molar-refractivity contribution in [1.82, 2.24) is 10.2 Å². The minimum Gasteiger partial charge on any atom is -0.342 e. The van der Waals surface area contributed by atoms with Gasteiger partial charge in [-0.05, 0) is 38.2 Å². The van der Waals surface area contributed by atoms with Gasteiger partial charge < -0.3 is 10.2 Å². The van der Waals surface area contributed by atoms with E-state index in [0.29, 0.717) is 6.54 Å². The molecule has 2 atom stereocenters. The predicted molar refractivity (Wildman–Crippen MR) is 80.2 cm³/mol. The van der Waals surface area contributed by atoms with E-state index in [-0.39, 0.29) is 23.8 Å². The Morgan fingerprint density at radius 3 is 2.58 bits per heavy atom. The van der Waals surface area contributed by atoms with Crippen molar-refractivity contribution in [3.8, 4) is 0 Å². The van der Waals surface area contributed by atoms with Crippen LogP contribution in [0.1, 0.15) is 40.5 Å². The Morgan fingerprint density at radius 1 is 1.42 bits per heavy atom. The Balaban J connectivity index is 2.87. The summed E-state index contributed by atoms with van der Waals surface area (Å²) in [5, 5.41) is 2.89. The summed E-state index contributed by atoms with van der Waals surface area (Å²) in [5.74, 6) is 1.22. The summed E-state index contributed by atoms with van der Waals surface area (Å²) in [6.45, 7) is 8.37. The molecule has 1 saturated heterocycles. The van der Waals surface area contributed by atoms with Gasteiger partial charge in [0.05, 0.1) is 0 Å². The minimum absolute atomic E-state index is 0.0402. The van der Waals surface area contributed by atoms with Gasteiger partial charge in [0.2, 0.25) is 11.8 Å². The van der Waals surface area contributed by atoms with Crippen molar-refractivity contribution in [2.75, 3.05) is 18.6 Å². The summed E-state index contributed by atoms with van der Waals surface area (Å²) in [5.41, 5.74) is -0.737. The second-order valence-corrected chi connectivity index (χ2v) is 6.72. The van der Waals surface area contributed by atoms with Crippen LogP contribution in [0.5, 0.6) is 0 Å². The maximum absolute atomic E-state index is 12.6. The fourth-order valence-electron chi connectivity index (χ4n) is 2.32. The molecule has 1 fully saturated rings. The van der Waals surface area contributed by atoms with Crippen molar-refractivity contribution < 1.29 is 9.59 Å². The normalized spacial score (nSPS) is 24.3. The van der Waals surface area contributed by atoms with Gasteiger partial charge in [0.25, 0.3) is 0 Å². The average Bonchev–Trinajstić information content (AvgIpc) is 2.37. The molecule has 1 aliphatic heterocycles. The molecule has 110 valence electrons. The lowest BCUT2D eigenvalue weighted by molar-refractivity contribution is -0.156. The van der Waals surface area contributed by atoms with Crippen molar-refractivity contribution in [1.29, 1.82) is 0 Å². The molecule has 0 aliphatic carbocycles. The zero-order chi connectivity index (χ0) is 14.6. The molecule has 5 heteroatoms. The van der Waals surface area contributed by atoms with Crippen molar-refractivity contribution in [2.45, 2.75) is 52.1 Å². The van der Waals surface area contributed by atoms with Gasteiger partial charge in [-0.2, -0.15) is 11.8 Å². The Bertz CT molecular complexity index is 344. The number of nitrogens with zero attached hydrogens (tertiary/aromatic N) is 1. The maximum Gasteiger partial charge on any atom is 0.246 e. The van der Waals surface area contributed by atoms with Crippen molar-refractivity contribution in [3.05, 3.63) is 0 Å². The second kappa shape index (κ2) is 6.64. The van der Waals surface area contributed by atoms with E-state index in [0.717, 1.165) is 18.6 Å². The van der Waals surface area contributed by atoms with Crippen LogP contribution in [0.2, 0.25) is 0 Å². The van der Waals surface area contributed by atoms with Gasteiger partial charge in [-0.3, -0.25) is 9.59 Å². The molecule has 0 radical (unpaired) electrons. The number of amides is 2. The molecule has 0 aromatic rings. The van der Waals surface area contributed by atoms with Crippen LogP contribution in [0.4, 0.5) is 0 Å². The number of hydrogen-bond acceptors (Lipinski definition) is 3. The highest BCUT2D eigenvalue weighted by atomic mass is 32.2. The van der Waals surface area contributed by atoms with E-state index in [1.54, 1.807) is 16.7 Å². The molecule has 2 unspecified atom stereocenters. The first-order valence-corrected chi connectivity index (χ1v) is 8.37. The molecule has 2 amide bonds. The van der Waals surface area contributed by atoms with E-state index in [1.807, 2.05) is 27.7 Å². The molecule has 1 rings (SSSR count). The maximum atomic E-state index is 12.6. The standard InChI is InChI=1S/C14H26N2O2S/c1-6-10(2)11-12(17)16(8-7-9-19-5)14(3,4)13(18)15-11/h10-11H,6-9H2,1-5H3,(H,15,18). The van der Waals surface area contributed by atoms with Crippen molar-refractivity contribution in [2.24, 2.45) is 5.92 Å². The molecule has 0 spiro atoms. The quantitative estimate of drug-likeness (QED) is 0.759. The zero-order valence-corrected chi connectivity index (χ0v) is 13.5. The van der Waals surface area contributed by atoms with Crippen LogP contribution in [-0.2, 0) is 9.59 Å². The Kier molecular flexibility index (Phi) is 5.71. The van der Waals surface area contributed by atoms with Crippen LogP contribution in [0, 0.1) is 5.92 Å². The van der Waals surface area contributed by atoms with Gasteiger partial charge in [-0.15, -0.1) is 0 Å². The number of piperazine rings is 1. The van der Waals surface area contributed by atoms with Crippen molar-refractivity contribution >= 4 is 23.6 Å². The third-order valence-electron chi connectivity index (χ3n) is 3.99. The van der Waals surface area contributed by atoms with E-state index in [4.69, 9.17) is 0 Å². The molecule has 0 aromatic heterocycles. The lowest BCUT2D eigenvalue weighted by Crippen LogP contribution is -2.69. The summed E-state index contributed by atoms with van der Waals surface area (Å²) >= 11 is 1.77. The summed E-state index contributed by atoms with van der Waals surface area (Å²) < 4.78 is 0. The molecular formula is C14H26N2O2S. The molecule has 0 bridgehead atoms. The first kappa shape index (κ1) is 16.3. The molecule has 1 N–H and O–H groups in total. The molecule has 0 aromatic carbocycles. The monoisotopic (exact) mass is 286 g/mol. The predicted octanol–water partition coefficient (Wildman–Crippen LogP) is 1.89. The fraction of sp³-hybridized carbons (Fsp3) is 0.857. The first-order chi connectivity index (χ1) is 8.86. The number of rotatable bonds is 6. The summed E-state index contributed by atoms with van der Waals surface area (Å²) in [6.07, 6.45) is 3.87. The Labute approximate surface area is 120 Å². The van der Waals surface area contributed by atoms with Crippen LogP contribution in [0.25, 0.3) is 0 Å². The average molecular weight is 286 g/mol. The van der Waals surface area contributed by atoms with E-state index in [2.05, 4.69) is 11.6 Å². The van der Waals surface area contributed by atoms with Gasteiger partial charge in [0.15, 0.2) is 0 Å². The third kappa shape index (κ3) is 3.44. The fourth-order valence-corrected chi connectivity index (χ4v) is 2.74. The number of hydrogen-bond donors (Lipinski definition) is 1. The highest BCUT2D eigenvalue weighted by molar-refractivity contribution is 7.98. The van der Waals surface area contributed by atoms with Gasteiger partial charge in [0, 0.05) is 6.54 Å². The SMILES string of the molecule is CCC(C)C1NC(=O)C(C)(C)N(CCCSC)C1=O. The number of thioether (sulfide) groups is 1. The van der Waals surface area contributed by atoms with Crippen LogP contribution in [0.3, 0.4) is 0 Å². The zero-order valence-electron chi connectivity index (χ0n) is 12.7. The lowest BCUT2D eigenvalue weighted by atomic mass is 9.89. The Morgan fingerprint density at radius 2 is 2.05 bits per heavy atom. The molecule has 1 heterocycles. The van der Waals surface area contributed by atoms with Gasteiger partial charge in [0.1, 0.15) is 11.6 Å². The van der Waals surface area contributed by atoms with Gasteiger partial charge in [-0.1, -0.05) is 20.3 Å². The lowest BCUT2D eigenvalue weighted by Gasteiger charge is -2.45. The van der Waals surface area contributed by atoms with E-state index >= 15 is 0 Å². The topological polar surface area (TPSA) is 49.4 Å². The second-order valence-electron chi connectivity index (χ2n) is 5.73. The number of carbonyl (C=O) groups is 2. The van der Waals surface area contributed by atoms with E-state index < -0.39 is 5.54 Å². The molecule has 0 saturated carbocycles. The highest BCUT2D eigenvalue weighted by Crippen LogP contribution is 2.25. The van der Waals surface area contributed by atoms with Crippen molar-refractivity contribution in [3.63, 3.8) is 0 Å². The van der Waals surface area contributed by atoms with Crippen LogP contribution < -0.4 is 5.32 Å². The molecule has 19 heavy (non-hydrogen) atoms. The number of carbonyl (C=O) groups excluding carboxylic acids is 2. The summed E-state index contributed by atoms with van der Waals surface area (Å²) in [7, 11) is 0.